The summed E-state index contributed by atoms with van der Waals surface area (Å²) in [4.78, 5) is 17.4. The molecular weight excluding hydrogens is 444 g/mol. The van der Waals surface area contributed by atoms with Gasteiger partial charge in [-0.25, -0.2) is 4.98 Å². The summed E-state index contributed by atoms with van der Waals surface area (Å²) >= 11 is 6.22. The summed E-state index contributed by atoms with van der Waals surface area (Å²) in [5, 5.41) is 3.36. The lowest BCUT2D eigenvalue weighted by molar-refractivity contribution is 0.102. The van der Waals surface area contributed by atoms with Crippen LogP contribution < -0.4 is 19.5 Å². The molecule has 0 aliphatic heterocycles. The summed E-state index contributed by atoms with van der Waals surface area (Å²) in [7, 11) is 1.56. The van der Waals surface area contributed by atoms with Crippen molar-refractivity contribution in [3.8, 4) is 28.7 Å². The van der Waals surface area contributed by atoms with Crippen LogP contribution in [-0.2, 0) is 0 Å². The number of hydrogen-bond donors (Lipinski definition) is 1. The predicted molar refractivity (Wildman–Crippen MR) is 128 cm³/mol. The first-order valence-corrected chi connectivity index (χ1v) is 10.8. The summed E-state index contributed by atoms with van der Waals surface area (Å²) in [5.41, 5.74) is 2.93. The van der Waals surface area contributed by atoms with Gasteiger partial charge in [0, 0.05) is 22.9 Å². The Bertz CT molecular complexity index is 1280. The number of rotatable bonds is 8. The van der Waals surface area contributed by atoms with Gasteiger partial charge in [0.1, 0.15) is 22.8 Å². The number of halogens is 1. The zero-order valence-corrected chi connectivity index (χ0v) is 19.2. The summed E-state index contributed by atoms with van der Waals surface area (Å²) in [6.45, 7) is 4.74. The molecule has 4 aromatic rings. The third-order valence-corrected chi connectivity index (χ3v) is 5.10. The van der Waals surface area contributed by atoms with E-state index in [4.69, 9.17) is 30.2 Å². The lowest BCUT2D eigenvalue weighted by Crippen LogP contribution is -2.12. The number of nitrogens with zero attached hydrogens (tertiary/aromatic N) is 1. The maximum Gasteiger partial charge on any atom is 0.255 e. The zero-order valence-electron chi connectivity index (χ0n) is 18.5. The van der Waals surface area contributed by atoms with Crippen LogP contribution >= 0.6 is 11.6 Å². The molecule has 1 N–H and O–H groups in total. The number of carbonyl (C=O) groups excluding carboxylic acids is 1. The molecule has 0 saturated heterocycles. The van der Waals surface area contributed by atoms with Gasteiger partial charge in [-0.05, 0) is 62.4 Å². The Balaban J connectivity index is 1.58. The van der Waals surface area contributed by atoms with Gasteiger partial charge in [-0.15, -0.1) is 0 Å². The van der Waals surface area contributed by atoms with Crippen LogP contribution in [0.3, 0.4) is 0 Å². The fourth-order valence-corrected chi connectivity index (χ4v) is 3.59. The number of anilines is 1. The van der Waals surface area contributed by atoms with E-state index in [1.165, 1.54) is 0 Å². The van der Waals surface area contributed by atoms with Crippen molar-refractivity contribution in [1.29, 1.82) is 0 Å². The van der Waals surface area contributed by atoms with Crippen molar-refractivity contribution in [2.75, 3.05) is 25.6 Å². The van der Waals surface area contributed by atoms with E-state index in [0.717, 1.165) is 5.56 Å². The molecule has 170 valence electrons. The highest BCUT2D eigenvalue weighted by Crippen LogP contribution is 2.32. The Morgan fingerprint density at radius 1 is 1.00 bits per heavy atom. The number of fused-ring (bicyclic) bond motifs is 1. The normalized spacial score (nSPS) is 10.8. The quantitative estimate of drug-likeness (QED) is 0.332. The molecule has 7 nitrogen and oxygen atoms in total. The molecule has 0 spiro atoms. The van der Waals surface area contributed by atoms with Crippen LogP contribution in [-0.4, -0.2) is 31.2 Å². The van der Waals surface area contributed by atoms with E-state index < -0.39 is 0 Å². The third kappa shape index (κ3) is 5.04. The van der Waals surface area contributed by atoms with Crippen molar-refractivity contribution in [3.05, 3.63) is 65.2 Å². The first kappa shape index (κ1) is 22.5. The van der Waals surface area contributed by atoms with Crippen molar-refractivity contribution in [2.45, 2.75) is 13.8 Å². The maximum atomic E-state index is 12.9. The average Bonchev–Trinajstić information content (AvgIpc) is 3.23. The molecule has 0 radical (unpaired) electrons. The molecule has 1 aromatic heterocycles. The minimum absolute atomic E-state index is 0.289. The maximum absolute atomic E-state index is 12.9. The van der Waals surface area contributed by atoms with Crippen molar-refractivity contribution in [1.82, 2.24) is 4.98 Å². The van der Waals surface area contributed by atoms with E-state index in [-0.39, 0.29) is 5.91 Å². The second kappa shape index (κ2) is 9.83. The topological polar surface area (TPSA) is 82.8 Å². The minimum Gasteiger partial charge on any atom is -0.495 e. The SMILES string of the molecule is CCOc1cc(OCC)cc(C(=O)Nc2ccc3oc(-c4ccc(OC)c(Cl)c4)nc3c2)c1. The molecule has 0 fully saturated rings. The van der Waals surface area contributed by atoms with E-state index in [2.05, 4.69) is 10.3 Å². The highest BCUT2D eigenvalue weighted by atomic mass is 35.5. The van der Waals surface area contributed by atoms with Crippen LogP contribution in [0.1, 0.15) is 24.2 Å². The number of aromatic nitrogens is 1. The van der Waals surface area contributed by atoms with Crippen LogP contribution in [0.5, 0.6) is 17.2 Å². The summed E-state index contributed by atoms with van der Waals surface area (Å²) in [6, 6.07) is 15.7. The number of benzene rings is 3. The van der Waals surface area contributed by atoms with Crippen molar-refractivity contribution in [3.63, 3.8) is 0 Å². The number of nitrogens with one attached hydrogen (secondary N) is 1. The molecule has 8 heteroatoms. The third-order valence-electron chi connectivity index (χ3n) is 4.81. The first-order valence-electron chi connectivity index (χ1n) is 10.5. The smallest absolute Gasteiger partial charge is 0.255 e. The number of amides is 1. The molecule has 33 heavy (non-hydrogen) atoms. The number of oxazole rings is 1. The Morgan fingerprint density at radius 2 is 1.73 bits per heavy atom. The van der Waals surface area contributed by atoms with Gasteiger partial charge in [-0.3, -0.25) is 4.79 Å². The average molecular weight is 467 g/mol. The standard InChI is InChI=1S/C25H23ClN2O5/c1-4-31-18-10-16(11-19(14-18)32-5-2)24(29)27-17-7-9-23-21(13-17)28-25(33-23)15-6-8-22(30-3)20(26)12-15/h6-14H,4-5H2,1-3H3,(H,27,29). The Kier molecular flexibility index (Phi) is 6.70. The largest absolute Gasteiger partial charge is 0.495 e. The number of methoxy groups -OCH3 is 1. The number of ether oxygens (including phenoxy) is 3. The van der Waals surface area contributed by atoms with E-state index in [0.29, 0.717) is 63.7 Å². The second-order valence-corrected chi connectivity index (χ2v) is 7.47. The molecule has 1 amide bonds. The zero-order chi connectivity index (χ0) is 23.4. The van der Waals surface area contributed by atoms with Crippen molar-refractivity contribution < 1.29 is 23.4 Å². The first-order chi connectivity index (χ1) is 16.0. The fraction of sp³-hybridized carbons (Fsp3) is 0.200. The van der Waals surface area contributed by atoms with Gasteiger partial charge < -0.3 is 23.9 Å². The molecule has 0 aliphatic rings. The molecule has 0 bridgehead atoms. The molecule has 0 aliphatic carbocycles. The van der Waals surface area contributed by atoms with Crippen molar-refractivity contribution >= 4 is 34.3 Å². The molecule has 3 aromatic carbocycles. The van der Waals surface area contributed by atoms with Crippen LogP contribution in [0.2, 0.25) is 5.02 Å². The van der Waals surface area contributed by atoms with Crippen LogP contribution in [0.25, 0.3) is 22.6 Å². The molecule has 0 unspecified atom stereocenters. The minimum atomic E-state index is -0.289. The van der Waals surface area contributed by atoms with E-state index in [1.807, 2.05) is 19.9 Å². The van der Waals surface area contributed by atoms with Crippen molar-refractivity contribution in [2.24, 2.45) is 0 Å². The van der Waals surface area contributed by atoms with Gasteiger partial charge in [0.15, 0.2) is 5.58 Å². The van der Waals surface area contributed by atoms with Gasteiger partial charge in [0.2, 0.25) is 5.89 Å². The van der Waals surface area contributed by atoms with Gasteiger partial charge >= 0.3 is 0 Å². The molecule has 0 saturated carbocycles. The van der Waals surface area contributed by atoms with Gasteiger partial charge in [0.25, 0.3) is 5.91 Å². The molecular formula is C25H23ClN2O5. The fourth-order valence-electron chi connectivity index (χ4n) is 3.33. The van der Waals surface area contributed by atoms with Gasteiger partial charge in [0.05, 0.1) is 25.3 Å². The molecule has 0 atom stereocenters. The monoisotopic (exact) mass is 466 g/mol. The van der Waals surface area contributed by atoms with Gasteiger partial charge in [-0.2, -0.15) is 0 Å². The summed E-state index contributed by atoms with van der Waals surface area (Å²) in [5.74, 6) is 1.85. The van der Waals surface area contributed by atoms with Crippen LogP contribution in [0.4, 0.5) is 5.69 Å². The van der Waals surface area contributed by atoms with E-state index >= 15 is 0 Å². The lowest BCUT2D eigenvalue weighted by Gasteiger charge is -2.11. The van der Waals surface area contributed by atoms with E-state index in [1.54, 1.807) is 55.6 Å². The summed E-state index contributed by atoms with van der Waals surface area (Å²) < 4.78 is 22.2. The number of hydrogen-bond acceptors (Lipinski definition) is 6. The Morgan fingerprint density at radius 3 is 2.36 bits per heavy atom. The Hall–Kier alpha value is -3.71. The predicted octanol–water partition coefficient (Wildman–Crippen LogP) is 6.21. The highest BCUT2D eigenvalue weighted by Gasteiger charge is 2.14. The number of carbonyl (C=O) groups is 1. The van der Waals surface area contributed by atoms with Crippen LogP contribution in [0, 0.1) is 0 Å². The molecule has 1 heterocycles. The highest BCUT2D eigenvalue weighted by molar-refractivity contribution is 6.32. The second-order valence-electron chi connectivity index (χ2n) is 7.06. The van der Waals surface area contributed by atoms with E-state index in [9.17, 15) is 4.79 Å². The van der Waals surface area contributed by atoms with Gasteiger partial charge in [-0.1, -0.05) is 11.6 Å². The Labute approximate surface area is 196 Å². The summed E-state index contributed by atoms with van der Waals surface area (Å²) in [6.07, 6.45) is 0. The lowest BCUT2D eigenvalue weighted by atomic mass is 10.1. The molecule has 4 rings (SSSR count). The van der Waals surface area contributed by atoms with Crippen LogP contribution in [0.15, 0.2) is 59.0 Å².